The molecule has 2 aromatic carbocycles. The van der Waals surface area contributed by atoms with Crippen LogP contribution in [0.25, 0.3) is 10.9 Å². The van der Waals surface area contributed by atoms with Gasteiger partial charge in [0.2, 0.25) is 5.91 Å². The van der Waals surface area contributed by atoms with Crippen LogP contribution in [0.15, 0.2) is 60.8 Å². The van der Waals surface area contributed by atoms with E-state index in [-0.39, 0.29) is 25.5 Å². The Hall–Kier alpha value is -3.61. The van der Waals surface area contributed by atoms with E-state index in [4.69, 9.17) is 4.74 Å². The van der Waals surface area contributed by atoms with E-state index in [9.17, 15) is 14.4 Å². The van der Waals surface area contributed by atoms with Gasteiger partial charge in [-0.15, -0.1) is 0 Å². The van der Waals surface area contributed by atoms with Gasteiger partial charge in [0.25, 0.3) is 5.91 Å². The van der Waals surface area contributed by atoms with Crippen LogP contribution in [0.5, 0.6) is 0 Å². The van der Waals surface area contributed by atoms with Crippen molar-refractivity contribution in [2.24, 2.45) is 0 Å². The van der Waals surface area contributed by atoms with Gasteiger partial charge >= 0.3 is 6.09 Å². The number of cyclic esters (lactones) is 1. The number of nitrogens with one attached hydrogen (secondary N) is 2. The monoisotopic (exact) mass is 377 g/mol. The summed E-state index contributed by atoms with van der Waals surface area (Å²) in [5.74, 6) is -0.601. The van der Waals surface area contributed by atoms with E-state index in [0.29, 0.717) is 0 Å². The second kappa shape index (κ2) is 7.56. The minimum Gasteiger partial charge on any atom is -0.439 e. The average Bonchev–Trinajstić information content (AvgIpc) is 3.26. The van der Waals surface area contributed by atoms with Gasteiger partial charge in [-0.1, -0.05) is 48.5 Å². The Morgan fingerprint density at radius 3 is 2.61 bits per heavy atom. The smallest absolute Gasteiger partial charge is 0.417 e. The molecule has 0 saturated carbocycles. The van der Waals surface area contributed by atoms with Crippen molar-refractivity contribution in [1.82, 2.24) is 15.2 Å². The zero-order chi connectivity index (χ0) is 19.5. The fourth-order valence-corrected chi connectivity index (χ4v) is 3.36. The molecular weight excluding hydrogens is 358 g/mol. The highest BCUT2D eigenvalue weighted by Crippen LogP contribution is 2.20. The lowest BCUT2D eigenvalue weighted by Gasteiger charge is -2.22. The summed E-state index contributed by atoms with van der Waals surface area (Å²) in [6.45, 7) is -0.231. The number of aromatic nitrogens is 1. The van der Waals surface area contributed by atoms with Gasteiger partial charge in [-0.2, -0.15) is 0 Å². The van der Waals surface area contributed by atoms with Crippen LogP contribution in [0.2, 0.25) is 0 Å². The number of para-hydroxylation sites is 1. The highest BCUT2D eigenvalue weighted by molar-refractivity contribution is 5.98. The molecule has 1 saturated heterocycles. The molecule has 1 aliphatic rings. The van der Waals surface area contributed by atoms with Crippen molar-refractivity contribution >= 4 is 28.8 Å². The van der Waals surface area contributed by atoms with Gasteiger partial charge in [0.15, 0.2) is 6.61 Å². The minimum absolute atomic E-state index is 0.0291. The molecule has 3 amide bonds. The van der Waals surface area contributed by atoms with Crippen molar-refractivity contribution in [1.29, 1.82) is 0 Å². The number of H-pyrrole nitrogens is 1. The fraction of sp³-hybridized carbons (Fsp3) is 0.190. The number of fused-ring (bicyclic) bond motifs is 1. The number of carbonyl (C=O) groups is 3. The lowest BCUT2D eigenvalue weighted by molar-refractivity contribution is -0.127. The van der Waals surface area contributed by atoms with Crippen molar-refractivity contribution in [2.45, 2.75) is 12.5 Å². The summed E-state index contributed by atoms with van der Waals surface area (Å²) >= 11 is 0. The lowest BCUT2D eigenvalue weighted by Crippen LogP contribution is -2.40. The summed E-state index contributed by atoms with van der Waals surface area (Å²) in [6, 6.07) is 16.5. The number of hydrogen-bond donors (Lipinski definition) is 2. The number of benzene rings is 2. The van der Waals surface area contributed by atoms with Gasteiger partial charge in [0, 0.05) is 17.1 Å². The maximum Gasteiger partial charge on any atom is 0.417 e. The van der Waals surface area contributed by atoms with Gasteiger partial charge in [-0.3, -0.25) is 9.59 Å². The van der Waals surface area contributed by atoms with Crippen molar-refractivity contribution in [3.05, 3.63) is 71.9 Å². The molecule has 0 bridgehead atoms. The predicted octanol–water partition coefficient (Wildman–Crippen LogP) is 2.55. The van der Waals surface area contributed by atoms with E-state index >= 15 is 0 Å². The molecule has 1 fully saturated rings. The summed E-state index contributed by atoms with van der Waals surface area (Å²) < 4.78 is 4.77. The molecular formula is C21H19N3O4. The third kappa shape index (κ3) is 3.59. The van der Waals surface area contributed by atoms with Crippen LogP contribution in [0.1, 0.15) is 17.2 Å². The van der Waals surface area contributed by atoms with E-state index in [1.54, 1.807) is 0 Å². The number of ether oxygens (including phenoxy) is 1. The van der Waals surface area contributed by atoms with Gasteiger partial charge in [0.05, 0.1) is 19.0 Å². The largest absolute Gasteiger partial charge is 0.439 e. The first-order chi connectivity index (χ1) is 13.6. The molecule has 0 radical (unpaired) electrons. The maximum atomic E-state index is 12.7. The van der Waals surface area contributed by atoms with Crippen LogP contribution in [-0.2, 0) is 20.7 Å². The van der Waals surface area contributed by atoms with E-state index < -0.39 is 18.0 Å². The van der Waals surface area contributed by atoms with Gasteiger partial charge in [0.1, 0.15) is 0 Å². The molecule has 7 heteroatoms. The van der Waals surface area contributed by atoms with Crippen LogP contribution >= 0.6 is 0 Å². The van der Waals surface area contributed by atoms with Crippen LogP contribution in [-0.4, -0.2) is 40.9 Å². The van der Waals surface area contributed by atoms with Crippen LogP contribution in [0.3, 0.4) is 0 Å². The molecule has 2 heterocycles. The van der Waals surface area contributed by atoms with Gasteiger partial charge in [-0.05, 0) is 17.2 Å². The molecule has 3 aromatic rings. The molecule has 4 rings (SSSR count). The number of carbonyl (C=O) groups excluding carboxylic acids is 3. The zero-order valence-corrected chi connectivity index (χ0v) is 15.1. The summed E-state index contributed by atoms with van der Waals surface area (Å²) in [5, 5.41) is 3.94. The Morgan fingerprint density at radius 1 is 1.11 bits per heavy atom. The number of amides is 3. The number of nitrogens with zero attached hydrogens (tertiary/aromatic N) is 1. The summed E-state index contributed by atoms with van der Waals surface area (Å²) in [6.07, 6.45) is 1.33. The third-order valence-corrected chi connectivity index (χ3v) is 4.77. The molecule has 142 valence electrons. The van der Waals surface area contributed by atoms with E-state index in [1.165, 1.54) is 0 Å². The molecule has 1 aromatic heterocycles. The Bertz CT molecular complexity index is 1010. The second-order valence-corrected chi connectivity index (χ2v) is 6.63. The average molecular weight is 377 g/mol. The summed E-state index contributed by atoms with van der Waals surface area (Å²) in [7, 11) is 0. The van der Waals surface area contributed by atoms with Crippen molar-refractivity contribution in [3.8, 4) is 0 Å². The summed E-state index contributed by atoms with van der Waals surface area (Å²) in [4.78, 5) is 40.6. The first-order valence-electron chi connectivity index (χ1n) is 8.98. The molecule has 7 nitrogen and oxygen atoms in total. The van der Waals surface area contributed by atoms with E-state index in [1.807, 2.05) is 60.8 Å². The molecule has 0 aliphatic carbocycles. The summed E-state index contributed by atoms with van der Waals surface area (Å²) in [5.41, 5.74) is 2.66. The first-order valence-corrected chi connectivity index (χ1v) is 8.98. The van der Waals surface area contributed by atoms with Crippen LogP contribution in [0.4, 0.5) is 4.79 Å². The highest BCUT2D eigenvalue weighted by atomic mass is 16.6. The Labute approximate surface area is 161 Å². The Kier molecular flexibility index (Phi) is 4.80. The standard InChI is InChI=1S/C21H19N3O4/c25-19(10-15-11-22-17-9-5-4-8-16(15)17)23-18(14-6-2-1-3-7-14)12-24-20(26)13-28-21(24)27/h1-9,11,18,22H,10,12-13H2,(H,23,25)/t18-/m1/s1. The Morgan fingerprint density at radius 2 is 1.86 bits per heavy atom. The lowest BCUT2D eigenvalue weighted by atomic mass is 10.1. The van der Waals surface area contributed by atoms with Gasteiger partial charge in [-0.25, -0.2) is 9.69 Å². The van der Waals surface area contributed by atoms with Crippen molar-refractivity contribution in [3.63, 3.8) is 0 Å². The predicted molar refractivity (Wildman–Crippen MR) is 102 cm³/mol. The number of rotatable bonds is 6. The minimum atomic E-state index is -0.684. The molecule has 2 N–H and O–H groups in total. The molecule has 28 heavy (non-hydrogen) atoms. The molecule has 0 unspecified atom stereocenters. The second-order valence-electron chi connectivity index (χ2n) is 6.63. The number of imide groups is 1. The SMILES string of the molecule is O=C(Cc1c[nH]c2ccccc12)N[C@H](CN1C(=O)COC1=O)c1ccccc1. The first kappa shape index (κ1) is 17.8. The Balaban J connectivity index is 1.52. The van der Waals surface area contributed by atoms with E-state index in [2.05, 4.69) is 10.3 Å². The number of hydrogen-bond acceptors (Lipinski definition) is 4. The molecule has 0 spiro atoms. The van der Waals surface area contributed by atoms with Gasteiger partial charge < -0.3 is 15.0 Å². The van der Waals surface area contributed by atoms with Crippen LogP contribution in [0, 0.1) is 0 Å². The van der Waals surface area contributed by atoms with E-state index in [0.717, 1.165) is 26.9 Å². The quantitative estimate of drug-likeness (QED) is 0.691. The molecule has 1 atom stereocenters. The zero-order valence-electron chi connectivity index (χ0n) is 15.1. The highest BCUT2D eigenvalue weighted by Gasteiger charge is 2.33. The normalized spacial score (nSPS) is 14.9. The number of aromatic amines is 1. The topological polar surface area (TPSA) is 91.5 Å². The van der Waals surface area contributed by atoms with Crippen molar-refractivity contribution < 1.29 is 19.1 Å². The third-order valence-electron chi connectivity index (χ3n) is 4.77. The maximum absolute atomic E-state index is 12.7. The van der Waals surface area contributed by atoms with Crippen molar-refractivity contribution in [2.75, 3.05) is 13.2 Å². The molecule has 1 aliphatic heterocycles. The van der Waals surface area contributed by atoms with Crippen LogP contribution < -0.4 is 5.32 Å². The fourth-order valence-electron chi connectivity index (χ4n) is 3.36.